The average molecular weight is 523 g/mol. The van der Waals surface area contributed by atoms with Crippen LogP contribution < -0.4 is 4.90 Å². The Morgan fingerprint density at radius 1 is 0.821 bits per heavy atom. The molecule has 3 aromatic rings. The van der Waals surface area contributed by atoms with Crippen molar-refractivity contribution in [2.24, 2.45) is 5.41 Å². The minimum atomic E-state index is -0.727. The average Bonchev–Trinajstić information content (AvgIpc) is 3.14. The second-order valence-corrected chi connectivity index (χ2v) is 11.7. The van der Waals surface area contributed by atoms with Gasteiger partial charge in [-0.1, -0.05) is 48.5 Å². The molecule has 3 aliphatic rings. The third-order valence-corrected chi connectivity index (χ3v) is 9.11. The van der Waals surface area contributed by atoms with Crippen molar-refractivity contribution in [1.82, 2.24) is 4.90 Å². The lowest BCUT2D eigenvalue weighted by molar-refractivity contribution is -0.139. The van der Waals surface area contributed by atoms with Gasteiger partial charge in [-0.15, -0.1) is 0 Å². The van der Waals surface area contributed by atoms with Gasteiger partial charge in [-0.05, 0) is 121 Å². The van der Waals surface area contributed by atoms with E-state index in [0.29, 0.717) is 5.75 Å². The number of nitrogens with zero attached hydrogens (tertiary/aromatic N) is 2. The molecule has 2 N–H and O–H groups in total. The van der Waals surface area contributed by atoms with Crippen molar-refractivity contribution in [3.63, 3.8) is 0 Å². The fourth-order valence-electron chi connectivity index (χ4n) is 7.08. The van der Waals surface area contributed by atoms with Crippen molar-refractivity contribution in [3.05, 3.63) is 95.1 Å². The van der Waals surface area contributed by atoms with Crippen molar-refractivity contribution >= 4 is 22.8 Å². The molecule has 1 aliphatic carbocycles. The number of fused-ring (bicyclic) bond motifs is 1. The molecule has 202 valence electrons. The number of hydrogen-bond acceptors (Lipinski definition) is 4. The zero-order valence-corrected chi connectivity index (χ0v) is 22.6. The van der Waals surface area contributed by atoms with Crippen molar-refractivity contribution in [1.29, 1.82) is 0 Å². The van der Waals surface area contributed by atoms with Crippen LogP contribution in [0.4, 0.5) is 5.69 Å². The van der Waals surface area contributed by atoms with Gasteiger partial charge in [0.2, 0.25) is 0 Å². The van der Waals surface area contributed by atoms with Crippen LogP contribution in [0.2, 0.25) is 0 Å². The number of phenolic OH excluding ortho intramolecular Hbond substituents is 1. The van der Waals surface area contributed by atoms with Gasteiger partial charge in [0.25, 0.3) is 0 Å². The van der Waals surface area contributed by atoms with Gasteiger partial charge in [0.1, 0.15) is 5.75 Å². The van der Waals surface area contributed by atoms with E-state index in [9.17, 15) is 15.0 Å². The number of aryl methyl sites for hydroxylation is 1. The fraction of sp³-hybridized carbons (Fsp3) is 0.382. The Morgan fingerprint density at radius 3 is 2.33 bits per heavy atom. The monoisotopic (exact) mass is 522 g/mol. The minimum absolute atomic E-state index is 0.158. The van der Waals surface area contributed by atoms with E-state index in [4.69, 9.17) is 0 Å². The highest BCUT2D eigenvalue weighted by Crippen LogP contribution is 2.43. The second-order valence-electron chi connectivity index (χ2n) is 11.7. The van der Waals surface area contributed by atoms with Crippen LogP contribution >= 0.6 is 0 Å². The van der Waals surface area contributed by atoms with Crippen LogP contribution in [0.1, 0.15) is 60.8 Å². The first-order chi connectivity index (χ1) is 19.0. The summed E-state index contributed by atoms with van der Waals surface area (Å²) in [6.45, 7) is 4.03. The van der Waals surface area contributed by atoms with E-state index in [1.54, 1.807) is 0 Å². The van der Waals surface area contributed by atoms with Gasteiger partial charge in [0.05, 0.1) is 6.54 Å². The highest BCUT2D eigenvalue weighted by molar-refractivity contribution is 6.00. The molecule has 2 fully saturated rings. The van der Waals surface area contributed by atoms with E-state index in [1.807, 2.05) is 12.1 Å². The zero-order chi connectivity index (χ0) is 26.8. The molecule has 1 spiro atoms. The van der Waals surface area contributed by atoms with Gasteiger partial charge in [-0.3, -0.25) is 9.69 Å². The maximum absolute atomic E-state index is 11.2. The summed E-state index contributed by atoms with van der Waals surface area (Å²) in [6.07, 6.45) is 7.59. The first kappa shape index (κ1) is 25.7. The van der Waals surface area contributed by atoms with Crippen LogP contribution in [-0.4, -0.2) is 53.8 Å². The number of carboxylic acid groups (broad SMARTS) is 1. The van der Waals surface area contributed by atoms with E-state index in [1.165, 1.54) is 51.9 Å². The Hall–Kier alpha value is -3.57. The Morgan fingerprint density at radius 2 is 1.59 bits per heavy atom. The summed E-state index contributed by atoms with van der Waals surface area (Å²) in [5, 5.41) is 19.4. The number of hydrogen-bond donors (Lipinski definition) is 2. The maximum Gasteiger partial charge on any atom is 0.317 e. The predicted octanol–water partition coefficient (Wildman–Crippen LogP) is 6.45. The highest BCUT2D eigenvalue weighted by Gasteiger charge is 2.38. The zero-order valence-electron chi connectivity index (χ0n) is 22.6. The van der Waals surface area contributed by atoms with Crippen LogP contribution in [0.3, 0.4) is 0 Å². The van der Waals surface area contributed by atoms with E-state index in [2.05, 4.69) is 70.5 Å². The normalized spacial score (nSPS) is 19.5. The van der Waals surface area contributed by atoms with Gasteiger partial charge in [0, 0.05) is 18.8 Å². The highest BCUT2D eigenvalue weighted by atomic mass is 16.4. The fourth-order valence-corrected chi connectivity index (χ4v) is 7.08. The lowest BCUT2D eigenvalue weighted by Gasteiger charge is -2.48. The van der Waals surface area contributed by atoms with Gasteiger partial charge >= 0.3 is 5.97 Å². The molecule has 0 radical (unpaired) electrons. The number of rotatable bonds is 5. The van der Waals surface area contributed by atoms with Crippen molar-refractivity contribution in [3.8, 4) is 5.75 Å². The molecule has 5 heteroatoms. The van der Waals surface area contributed by atoms with Gasteiger partial charge in [-0.2, -0.15) is 0 Å². The number of benzene rings is 3. The van der Waals surface area contributed by atoms with Crippen LogP contribution in [0.5, 0.6) is 5.75 Å². The molecule has 2 aliphatic heterocycles. The quantitative estimate of drug-likeness (QED) is 0.403. The smallest absolute Gasteiger partial charge is 0.317 e. The summed E-state index contributed by atoms with van der Waals surface area (Å²) >= 11 is 0. The van der Waals surface area contributed by atoms with E-state index in [-0.39, 0.29) is 12.0 Å². The van der Waals surface area contributed by atoms with E-state index in [0.717, 1.165) is 58.3 Å². The third kappa shape index (κ3) is 5.46. The molecule has 0 atom stereocenters. The summed E-state index contributed by atoms with van der Waals surface area (Å²) < 4.78 is 0. The molecular weight excluding hydrogens is 484 g/mol. The topological polar surface area (TPSA) is 64.0 Å². The van der Waals surface area contributed by atoms with Gasteiger partial charge in [-0.25, -0.2) is 0 Å². The number of likely N-dealkylation sites (tertiary alicyclic amines) is 1. The number of aromatic hydroxyl groups is 1. The summed E-state index contributed by atoms with van der Waals surface area (Å²) in [7, 11) is 0. The molecule has 0 aromatic heterocycles. The molecule has 6 rings (SSSR count). The molecule has 2 heterocycles. The lowest BCUT2D eigenvalue weighted by Crippen LogP contribution is -2.50. The predicted molar refractivity (Wildman–Crippen MR) is 157 cm³/mol. The molecule has 0 amide bonds. The number of aliphatic carboxylic acids is 1. The standard InChI is InChI=1S/C34H38N2O3/c37-29-14-15-31-27(22-29)8-4-9-30(25-6-2-1-3-7-25)33(31)26-10-12-28(13-11-26)36-19-5-16-34(24-36)17-20-35(21-18-34)23-32(38)39/h1-3,6-7,10-15,22,37H,4-5,8-9,16-21,23-24H2,(H,38,39). The molecule has 0 unspecified atom stereocenters. The minimum Gasteiger partial charge on any atom is -0.508 e. The lowest BCUT2D eigenvalue weighted by atomic mass is 9.72. The molecule has 0 bridgehead atoms. The number of anilines is 1. The Balaban J connectivity index is 1.29. The molecular formula is C34H38N2O3. The number of phenols is 1. The van der Waals surface area contributed by atoms with Crippen LogP contribution in [-0.2, 0) is 11.2 Å². The summed E-state index contributed by atoms with van der Waals surface area (Å²) in [5.74, 6) is -0.394. The molecule has 0 saturated carbocycles. The second kappa shape index (κ2) is 10.9. The van der Waals surface area contributed by atoms with Crippen molar-refractivity contribution in [2.45, 2.75) is 44.9 Å². The molecule has 2 saturated heterocycles. The van der Waals surface area contributed by atoms with Crippen LogP contribution in [0.15, 0.2) is 72.8 Å². The number of allylic oxidation sites excluding steroid dienone is 1. The largest absolute Gasteiger partial charge is 0.508 e. The number of piperidine rings is 2. The van der Waals surface area contributed by atoms with Gasteiger partial charge < -0.3 is 15.1 Å². The van der Waals surface area contributed by atoms with Crippen molar-refractivity contribution in [2.75, 3.05) is 37.6 Å². The summed E-state index contributed by atoms with van der Waals surface area (Å²) in [5.41, 5.74) is 9.14. The first-order valence-electron chi connectivity index (χ1n) is 14.4. The SMILES string of the molecule is O=C(O)CN1CCC2(CCCN(c3ccc(C4=C(c5ccccc5)CCCc5cc(O)ccc54)cc3)C2)CC1. The third-order valence-electron chi connectivity index (χ3n) is 9.11. The maximum atomic E-state index is 11.2. The molecule has 3 aromatic carbocycles. The van der Waals surface area contributed by atoms with Crippen LogP contribution in [0.25, 0.3) is 11.1 Å². The molecule has 5 nitrogen and oxygen atoms in total. The Labute approximate surface area is 231 Å². The van der Waals surface area contributed by atoms with Crippen LogP contribution in [0, 0.1) is 5.41 Å². The van der Waals surface area contributed by atoms with E-state index < -0.39 is 5.97 Å². The van der Waals surface area contributed by atoms with Gasteiger partial charge in [0.15, 0.2) is 0 Å². The van der Waals surface area contributed by atoms with E-state index >= 15 is 0 Å². The van der Waals surface area contributed by atoms with Crippen molar-refractivity contribution < 1.29 is 15.0 Å². The summed E-state index contributed by atoms with van der Waals surface area (Å²) in [4.78, 5) is 15.8. The number of carboxylic acids is 1. The summed E-state index contributed by atoms with van der Waals surface area (Å²) in [6, 6.07) is 25.7. The first-order valence-corrected chi connectivity index (χ1v) is 14.4. The Bertz CT molecular complexity index is 1350. The molecule has 39 heavy (non-hydrogen) atoms. The Kier molecular flexibility index (Phi) is 7.18. The number of carbonyl (C=O) groups is 1.